The molecule has 3 fully saturated rings. The molecular formula is C23H36NO4+. The average Bonchev–Trinajstić information content (AvgIpc) is 2.94. The standard InChI is InChI=1S/C23H35NO4/c1-4-27-21(25)16-8-6-10-24(13-16)14-18-17-11-19-15(2)7-5-9-23(19,3)12-20(17)28-22(18)26/h16-18,20H,4-14H2,1-3H3/p+1/t16-,17-,18-,20-,23-/m1/s1. The predicted octanol–water partition coefficient (Wildman–Crippen LogP) is 2.30. The topological polar surface area (TPSA) is 57.0 Å². The molecule has 4 rings (SSSR count). The van der Waals surface area contributed by atoms with Gasteiger partial charge in [-0.15, -0.1) is 0 Å². The number of carbonyl (C=O) groups is 2. The molecule has 156 valence electrons. The van der Waals surface area contributed by atoms with E-state index in [0.29, 0.717) is 12.5 Å². The van der Waals surface area contributed by atoms with E-state index in [0.717, 1.165) is 45.3 Å². The molecule has 0 radical (unpaired) electrons. The van der Waals surface area contributed by atoms with Crippen molar-refractivity contribution in [1.29, 1.82) is 0 Å². The minimum Gasteiger partial charge on any atom is -0.466 e. The molecule has 1 saturated carbocycles. The van der Waals surface area contributed by atoms with Crippen LogP contribution in [-0.2, 0) is 19.1 Å². The van der Waals surface area contributed by atoms with E-state index < -0.39 is 0 Å². The molecule has 28 heavy (non-hydrogen) atoms. The lowest BCUT2D eigenvalue weighted by Gasteiger charge is -2.45. The van der Waals surface area contributed by atoms with Crippen LogP contribution in [0.3, 0.4) is 0 Å². The van der Waals surface area contributed by atoms with Gasteiger partial charge < -0.3 is 14.4 Å². The first-order chi connectivity index (χ1) is 13.4. The van der Waals surface area contributed by atoms with Crippen LogP contribution < -0.4 is 4.90 Å². The number of nitrogens with one attached hydrogen (secondary N) is 1. The predicted molar refractivity (Wildman–Crippen MR) is 106 cm³/mol. The third-order valence-electron chi connectivity index (χ3n) is 7.93. The highest BCUT2D eigenvalue weighted by Crippen LogP contribution is 2.54. The van der Waals surface area contributed by atoms with E-state index in [9.17, 15) is 9.59 Å². The van der Waals surface area contributed by atoms with Gasteiger partial charge in [0.2, 0.25) is 0 Å². The van der Waals surface area contributed by atoms with Crippen molar-refractivity contribution in [2.45, 2.75) is 71.8 Å². The summed E-state index contributed by atoms with van der Waals surface area (Å²) >= 11 is 0. The van der Waals surface area contributed by atoms with Gasteiger partial charge in [0.25, 0.3) is 0 Å². The molecule has 1 unspecified atom stereocenters. The molecule has 0 spiro atoms. The summed E-state index contributed by atoms with van der Waals surface area (Å²) in [5.41, 5.74) is 3.39. The summed E-state index contributed by atoms with van der Waals surface area (Å²) in [4.78, 5) is 26.3. The molecule has 6 atom stereocenters. The monoisotopic (exact) mass is 390 g/mol. The maximum absolute atomic E-state index is 12.8. The van der Waals surface area contributed by atoms with E-state index in [4.69, 9.17) is 9.47 Å². The minimum absolute atomic E-state index is 0.00116. The molecule has 0 amide bonds. The zero-order chi connectivity index (χ0) is 19.9. The maximum atomic E-state index is 12.8. The molecular weight excluding hydrogens is 354 g/mol. The number of fused-ring (bicyclic) bond motifs is 2. The summed E-state index contributed by atoms with van der Waals surface area (Å²) in [6.45, 7) is 9.60. The van der Waals surface area contributed by atoms with Gasteiger partial charge in [0.05, 0.1) is 26.2 Å². The molecule has 5 nitrogen and oxygen atoms in total. The van der Waals surface area contributed by atoms with Crippen LogP contribution in [0, 0.1) is 23.2 Å². The third kappa shape index (κ3) is 3.62. The Hall–Kier alpha value is -1.36. The van der Waals surface area contributed by atoms with E-state index in [2.05, 4.69) is 13.8 Å². The zero-order valence-electron chi connectivity index (χ0n) is 17.7. The van der Waals surface area contributed by atoms with Crippen molar-refractivity contribution in [2.24, 2.45) is 23.2 Å². The number of ether oxygens (including phenoxy) is 2. The van der Waals surface area contributed by atoms with Gasteiger partial charge in [-0.2, -0.15) is 0 Å². The fourth-order valence-corrected chi connectivity index (χ4v) is 6.45. The number of hydrogen-bond acceptors (Lipinski definition) is 4. The maximum Gasteiger partial charge on any atom is 0.315 e. The van der Waals surface area contributed by atoms with Gasteiger partial charge in [0.15, 0.2) is 0 Å². The Morgan fingerprint density at radius 2 is 2.18 bits per heavy atom. The van der Waals surface area contributed by atoms with E-state index in [1.165, 1.54) is 24.2 Å². The van der Waals surface area contributed by atoms with Crippen molar-refractivity contribution >= 4 is 11.9 Å². The van der Waals surface area contributed by atoms with Gasteiger partial charge in [-0.1, -0.05) is 18.1 Å². The van der Waals surface area contributed by atoms with Crippen molar-refractivity contribution in [3.63, 3.8) is 0 Å². The van der Waals surface area contributed by atoms with Gasteiger partial charge in [-0.05, 0) is 64.2 Å². The molecule has 0 aromatic rings. The molecule has 4 aliphatic rings. The van der Waals surface area contributed by atoms with Crippen LogP contribution in [0.5, 0.6) is 0 Å². The summed E-state index contributed by atoms with van der Waals surface area (Å²) in [5, 5.41) is 0. The average molecular weight is 391 g/mol. The first-order valence-corrected chi connectivity index (χ1v) is 11.3. The first-order valence-electron chi connectivity index (χ1n) is 11.3. The summed E-state index contributed by atoms with van der Waals surface area (Å²) in [7, 11) is 0. The van der Waals surface area contributed by atoms with Crippen molar-refractivity contribution in [3.05, 3.63) is 11.1 Å². The SMILES string of the molecule is CCOC(=O)[C@@H]1CCC[NH+](C[C@H]2C(=O)O[C@@H]3C[C@@]4(C)CCCC(C)=C4C[C@@H]32)C1. The fraction of sp³-hybridized carbons (Fsp3) is 0.826. The van der Waals surface area contributed by atoms with Crippen LogP contribution in [0.1, 0.15) is 65.7 Å². The number of carbonyl (C=O) groups excluding carboxylic acids is 2. The fourth-order valence-electron chi connectivity index (χ4n) is 6.45. The number of quaternary nitrogens is 1. The van der Waals surface area contributed by atoms with Crippen LogP contribution in [0.25, 0.3) is 0 Å². The van der Waals surface area contributed by atoms with E-state index >= 15 is 0 Å². The summed E-state index contributed by atoms with van der Waals surface area (Å²) in [6.07, 6.45) is 7.73. The molecule has 2 aliphatic heterocycles. The van der Waals surface area contributed by atoms with Gasteiger partial charge in [-0.25, -0.2) is 0 Å². The van der Waals surface area contributed by atoms with Crippen LogP contribution in [0.2, 0.25) is 0 Å². The van der Waals surface area contributed by atoms with Gasteiger partial charge in [0, 0.05) is 5.92 Å². The number of allylic oxidation sites excluding steroid dienone is 2. The number of likely N-dealkylation sites (tertiary alicyclic amines) is 1. The second kappa shape index (κ2) is 7.81. The van der Waals surface area contributed by atoms with Crippen molar-refractivity contribution in [2.75, 3.05) is 26.2 Å². The van der Waals surface area contributed by atoms with E-state index in [-0.39, 0.29) is 35.3 Å². The van der Waals surface area contributed by atoms with Crippen LogP contribution in [0.4, 0.5) is 0 Å². The summed E-state index contributed by atoms with van der Waals surface area (Å²) in [5.74, 6) is 0.214. The van der Waals surface area contributed by atoms with Crippen molar-refractivity contribution in [1.82, 2.24) is 0 Å². The molecule has 0 aromatic heterocycles. The Labute approximate surface area is 168 Å². The van der Waals surface area contributed by atoms with Gasteiger partial charge in [0.1, 0.15) is 17.9 Å². The molecule has 2 saturated heterocycles. The second-order valence-electron chi connectivity index (χ2n) is 9.83. The normalized spacial score (nSPS) is 40.5. The smallest absolute Gasteiger partial charge is 0.315 e. The molecule has 0 bridgehead atoms. The molecule has 0 aromatic carbocycles. The largest absolute Gasteiger partial charge is 0.466 e. The van der Waals surface area contributed by atoms with E-state index in [1.54, 1.807) is 11.1 Å². The van der Waals surface area contributed by atoms with Crippen molar-refractivity contribution in [3.8, 4) is 0 Å². The Balaban J connectivity index is 1.45. The number of hydrogen-bond donors (Lipinski definition) is 1. The van der Waals surface area contributed by atoms with Gasteiger partial charge in [-0.3, -0.25) is 9.59 Å². The highest BCUT2D eigenvalue weighted by Gasteiger charge is 2.54. The Kier molecular flexibility index (Phi) is 5.56. The van der Waals surface area contributed by atoms with Crippen LogP contribution in [0.15, 0.2) is 11.1 Å². The lowest BCUT2D eigenvalue weighted by Crippen LogP contribution is -3.14. The summed E-state index contributed by atoms with van der Waals surface area (Å²) < 4.78 is 11.2. The number of esters is 2. The molecule has 1 N–H and O–H groups in total. The second-order valence-corrected chi connectivity index (χ2v) is 9.83. The zero-order valence-corrected chi connectivity index (χ0v) is 17.7. The van der Waals surface area contributed by atoms with E-state index in [1.807, 2.05) is 6.92 Å². The quantitative estimate of drug-likeness (QED) is 0.591. The number of piperidine rings is 1. The Morgan fingerprint density at radius 1 is 1.36 bits per heavy atom. The molecule has 2 heterocycles. The highest BCUT2D eigenvalue weighted by atomic mass is 16.6. The van der Waals surface area contributed by atoms with Gasteiger partial charge >= 0.3 is 11.9 Å². The summed E-state index contributed by atoms with van der Waals surface area (Å²) in [6, 6.07) is 0. The van der Waals surface area contributed by atoms with Crippen LogP contribution >= 0.6 is 0 Å². The van der Waals surface area contributed by atoms with Crippen molar-refractivity contribution < 1.29 is 24.0 Å². The molecule has 5 heteroatoms. The third-order valence-corrected chi connectivity index (χ3v) is 7.93. The highest BCUT2D eigenvalue weighted by molar-refractivity contribution is 5.76. The minimum atomic E-state index is -0.0667. The first kappa shape index (κ1) is 19.9. The molecule has 2 aliphatic carbocycles. The number of rotatable bonds is 4. The lowest BCUT2D eigenvalue weighted by atomic mass is 9.59. The lowest BCUT2D eigenvalue weighted by molar-refractivity contribution is -0.910. The Bertz CT molecular complexity index is 672. The van der Waals surface area contributed by atoms with Crippen LogP contribution in [-0.4, -0.2) is 44.3 Å². The Morgan fingerprint density at radius 3 is 2.96 bits per heavy atom.